The first-order chi connectivity index (χ1) is 10.1. The van der Waals surface area contributed by atoms with Gasteiger partial charge >= 0.3 is 6.61 Å². The fourth-order valence-electron chi connectivity index (χ4n) is 1.69. The van der Waals surface area contributed by atoms with Gasteiger partial charge in [-0.25, -0.2) is 0 Å². The molecule has 0 aliphatic heterocycles. The first-order valence-electron chi connectivity index (χ1n) is 5.98. The maximum Gasteiger partial charge on any atom is 0.387 e. The molecule has 1 aromatic carbocycles. The molecule has 110 valence electrons. The molecule has 0 aliphatic rings. The first kappa shape index (κ1) is 15.1. The molecule has 1 aromatic heterocycles. The van der Waals surface area contributed by atoms with Crippen molar-refractivity contribution >= 4 is 17.0 Å². The number of hydrogen-bond acceptors (Lipinski definition) is 5. The Morgan fingerprint density at radius 1 is 1.33 bits per heavy atom. The molecule has 0 unspecified atom stereocenters. The summed E-state index contributed by atoms with van der Waals surface area (Å²) in [4.78, 5) is 1.51. The van der Waals surface area contributed by atoms with Crippen LogP contribution in [0.2, 0.25) is 0 Å². The summed E-state index contributed by atoms with van der Waals surface area (Å²) in [6.45, 7) is -2.50. The van der Waals surface area contributed by atoms with E-state index in [-0.39, 0.29) is 5.75 Å². The predicted molar refractivity (Wildman–Crippen MR) is 76.0 cm³/mol. The Bertz CT molecular complexity index is 653. The number of ether oxygens (including phenoxy) is 2. The number of nitriles is 1. The number of halogens is 2. The van der Waals surface area contributed by atoms with Gasteiger partial charge in [0.2, 0.25) is 0 Å². The quantitative estimate of drug-likeness (QED) is 0.880. The maximum atomic E-state index is 12.4. The number of rotatable bonds is 6. The lowest BCUT2D eigenvalue weighted by molar-refractivity contribution is -0.0493. The number of benzene rings is 1. The molecule has 0 fully saturated rings. The number of nitrogens with zero attached hydrogens (tertiary/aromatic N) is 1. The van der Waals surface area contributed by atoms with Crippen LogP contribution in [-0.4, -0.2) is 13.7 Å². The van der Waals surface area contributed by atoms with Gasteiger partial charge in [0.1, 0.15) is 22.4 Å². The molecule has 0 bridgehead atoms. The van der Waals surface area contributed by atoms with Crippen molar-refractivity contribution in [1.82, 2.24) is 0 Å². The zero-order chi connectivity index (χ0) is 15.2. The summed E-state index contributed by atoms with van der Waals surface area (Å²) < 4.78 is 34.3. The highest BCUT2D eigenvalue weighted by Gasteiger charge is 2.11. The monoisotopic (exact) mass is 310 g/mol. The van der Waals surface area contributed by atoms with E-state index in [2.05, 4.69) is 10.1 Å². The number of anilines is 1. The lowest BCUT2D eigenvalue weighted by Gasteiger charge is -2.13. The number of nitrogens with one attached hydrogen (secondary N) is 1. The Hall–Kier alpha value is -2.33. The van der Waals surface area contributed by atoms with Gasteiger partial charge in [0.15, 0.2) is 0 Å². The molecule has 21 heavy (non-hydrogen) atoms. The summed E-state index contributed by atoms with van der Waals surface area (Å²) in [5.74, 6) is 0.575. The van der Waals surface area contributed by atoms with E-state index >= 15 is 0 Å². The Balaban J connectivity index is 2.14. The molecule has 0 amide bonds. The van der Waals surface area contributed by atoms with Gasteiger partial charge in [0.05, 0.1) is 12.8 Å². The fraction of sp³-hybridized carbons (Fsp3) is 0.214. The molecule has 0 radical (unpaired) electrons. The third kappa shape index (κ3) is 4.07. The summed E-state index contributed by atoms with van der Waals surface area (Å²) in [7, 11) is 1.49. The molecule has 0 aliphatic carbocycles. The SMILES string of the molecule is COc1ccc(OC(F)F)c(NCc2ccc(C#N)s2)c1. The van der Waals surface area contributed by atoms with E-state index in [1.165, 1.54) is 24.5 Å². The molecule has 2 aromatic rings. The molecule has 1 N–H and O–H groups in total. The topological polar surface area (TPSA) is 54.3 Å². The zero-order valence-corrected chi connectivity index (χ0v) is 11.9. The van der Waals surface area contributed by atoms with E-state index in [9.17, 15) is 8.78 Å². The molecule has 0 saturated heterocycles. The van der Waals surface area contributed by atoms with Crippen molar-refractivity contribution in [3.05, 3.63) is 40.1 Å². The average molecular weight is 310 g/mol. The highest BCUT2D eigenvalue weighted by atomic mass is 32.1. The van der Waals surface area contributed by atoms with Crippen molar-refractivity contribution in [2.24, 2.45) is 0 Å². The van der Waals surface area contributed by atoms with Gasteiger partial charge in [-0.15, -0.1) is 11.3 Å². The van der Waals surface area contributed by atoms with E-state index in [1.54, 1.807) is 18.2 Å². The number of methoxy groups -OCH3 is 1. The van der Waals surface area contributed by atoms with Crippen LogP contribution in [0.5, 0.6) is 11.5 Å². The van der Waals surface area contributed by atoms with Gasteiger partial charge in [0.25, 0.3) is 0 Å². The van der Waals surface area contributed by atoms with E-state index in [1.807, 2.05) is 12.1 Å². The molecule has 0 spiro atoms. The Morgan fingerprint density at radius 3 is 2.76 bits per heavy atom. The van der Waals surface area contributed by atoms with Crippen molar-refractivity contribution in [2.45, 2.75) is 13.2 Å². The first-order valence-corrected chi connectivity index (χ1v) is 6.79. The largest absolute Gasteiger partial charge is 0.497 e. The second-order valence-electron chi connectivity index (χ2n) is 3.97. The predicted octanol–water partition coefficient (Wildman–Crippen LogP) is 3.84. The van der Waals surface area contributed by atoms with Crippen LogP contribution in [-0.2, 0) is 6.54 Å². The minimum absolute atomic E-state index is 0.0443. The highest BCUT2D eigenvalue weighted by Crippen LogP contribution is 2.31. The van der Waals surface area contributed by atoms with Gasteiger partial charge in [-0.1, -0.05) is 0 Å². The molecule has 0 atom stereocenters. The maximum absolute atomic E-state index is 12.4. The van der Waals surface area contributed by atoms with Crippen molar-refractivity contribution in [3.63, 3.8) is 0 Å². The van der Waals surface area contributed by atoms with Crippen LogP contribution in [0.15, 0.2) is 30.3 Å². The van der Waals surface area contributed by atoms with Crippen molar-refractivity contribution in [1.29, 1.82) is 5.26 Å². The van der Waals surface area contributed by atoms with Gasteiger partial charge in [-0.3, -0.25) is 0 Å². The van der Waals surface area contributed by atoms with E-state index in [0.29, 0.717) is 22.9 Å². The number of thiophene rings is 1. The van der Waals surface area contributed by atoms with E-state index < -0.39 is 6.61 Å². The summed E-state index contributed by atoms with van der Waals surface area (Å²) in [6.07, 6.45) is 0. The minimum atomic E-state index is -2.90. The second kappa shape index (κ2) is 6.90. The van der Waals surface area contributed by atoms with Crippen molar-refractivity contribution in [2.75, 3.05) is 12.4 Å². The lowest BCUT2D eigenvalue weighted by atomic mass is 10.2. The summed E-state index contributed by atoms with van der Waals surface area (Å²) in [5, 5.41) is 11.8. The number of hydrogen-bond donors (Lipinski definition) is 1. The van der Waals surface area contributed by atoms with Gasteiger partial charge in [0, 0.05) is 17.5 Å². The smallest absolute Gasteiger partial charge is 0.387 e. The van der Waals surface area contributed by atoms with Crippen LogP contribution in [0.4, 0.5) is 14.5 Å². The van der Waals surface area contributed by atoms with Crippen LogP contribution >= 0.6 is 11.3 Å². The molecular formula is C14H12F2N2O2S. The second-order valence-corrected chi connectivity index (χ2v) is 5.14. The van der Waals surface area contributed by atoms with Crippen molar-refractivity contribution in [3.8, 4) is 17.6 Å². The molecule has 2 rings (SSSR count). The summed E-state index contributed by atoms with van der Waals surface area (Å²) in [5.41, 5.74) is 0.404. The molecule has 4 nitrogen and oxygen atoms in total. The Morgan fingerprint density at radius 2 is 2.14 bits per heavy atom. The fourth-order valence-corrected chi connectivity index (χ4v) is 2.43. The van der Waals surface area contributed by atoms with Crippen LogP contribution < -0.4 is 14.8 Å². The summed E-state index contributed by atoms with van der Waals surface area (Å²) in [6, 6.07) is 10.1. The minimum Gasteiger partial charge on any atom is -0.497 e. The summed E-state index contributed by atoms with van der Waals surface area (Å²) >= 11 is 1.34. The molecule has 7 heteroatoms. The molecule has 1 heterocycles. The van der Waals surface area contributed by atoms with Crippen molar-refractivity contribution < 1.29 is 18.3 Å². The third-order valence-corrected chi connectivity index (χ3v) is 3.62. The molecular weight excluding hydrogens is 298 g/mol. The average Bonchev–Trinajstić information content (AvgIpc) is 2.93. The van der Waals surface area contributed by atoms with Crippen LogP contribution in [0, 0.1) is 11.3 Å². The Labute approximate surface area is 124 Å². The van der Waals surface area contributed by atoms with E-state index in [0.717, 1.165) is 4.88 Å². The zero-order valence-electron chi connectivity index (χ0n) is 11.1. The number of alkyl halides is 2. The Kier molecular flexibility index (Phi) is 4.95. The highest BCUT2D eigenvalue weighted by molar-refractivity contribution is 7.12. The lowest BCUT2D eigenvalue weighted by Crippen LogP contribution is -2.06. The third-order valence-electron chi connectivity index (χ3n) is 2.63. The standard InChI is InChI=1S/C14H12F2N2O2S/c1-19-9-2-5-13(20-14(15)16)12(6-9)18-8-11-4-3-10(7-17)21-11/h2-6,14,18H,8H2,1H3. The van der Waals surface area contributed by atoms with Crippen LogP contribution in [0.25, 0.3) is 0 Å². The van der Waals surface area contributed by atoms with E-state index in [4.69, 9.17) is 10.00 Å². The van der Waals surface area contributed by atoms with Crippen LogP contribution in [0.1, 0.15) is 9.75 Å². The van der Waals surface area contributed by atoms with Gasteiger partial charge in [-0.05, 0) is 24.3 Å². The van der Waals surface area contributed by atoms with Gasteiger partial charge < -0.3 is 14.8 Å². The molecule has 0 saturated carbocycles. The van der Waals surface area contributed by atoms with Gasteiger partial charge in [-0.2, -0.15) is 14.0 Å². The van der Waals surface area contributed by atoms with Crippen LogP contribution in [0.3, 0.4) is 0 Å². The normalized spacial score (nSPS) is 10.2.